The van der Waals surface area contributed by atoms with Crippen molar-refractivity contribution in [2.75, 3.05) is 7.11 Å². The highest BCUT2D eigenvalue weighted by atomic mass is 35.5. The third-order valence-electron chi connectivity index (χ3n) is 4.91. The van der Waals surface area contributed by atoms with Gasteiger partial charge in [0.2, 0.25) is 0 Å². The van der Waals surface area contributed by atoms with E-state index in [0.29, 0.717) is 29.2 Å². The molecule has 3 rings (SSSR count). The lowest BCUT2D eigenvalue weighted by atomic mass is 9.92. The summed E-state index contributed by atoms with van der Waals surface area (Å²) in [5, 5.41) is 14.3. The molecule has 6 heteroatoms. The first kappa shape index (κ1) is 20.6. The van der Waals surface area contributed by atoms with Gasteiger partial charge < -0.3 is 4.74 Å². The number of halogens is 1. The SMILES string of the molecule is COc1cc(C(C)C(=O)CCc2cc(C)nn2-c2cccc(Cl)c2)ccc1C#N. The zero-order chi connectivity index (χ0) is 21.0. The summed E-state index contributed by atoms with van der Waals surface area (Å²) in [5.74, 6) is 0.313. The van der Waals surface area contributed by atoms with E-state index in [0.717, 1.165) is 22.6 Å². The highest BCUT2D eigenvalue weighted by molar-refractivity contribution is 6.30. The fourth-order valence-electron chi connectivity index (χ4n) is 3.29. The highest BCUT2D eigenvalue weighted by Gasteiger charge is 2.18. The maximum Gasteiger partial charge on any atom is 0.140 e. The minimum Gasteiger partial charge on any atom is -0.495 e. The molecule has 3 aromatic rings. The van der Waals surface area contributed by atoms with Gasteiger partial charge in [-0.05, 0) is 55.3 Å². The molecule has 0 saturated heterocycles. The molecular formula is C23H22ClN3O2. The lowest BCUT2D eigenvalue weighted by Crippen LogP contribution is -2.12. The number of hydrogen-bond donors (Lipinski definition) is 0. The average molecular weight is 408 g/mol. The molecule has 1 unspecified atom stereocenters. The zero-order valence-electron chi connectivity index (χ0n) is 16.6. The second-order valence-electron chi connectivity index (χ2n) is 6.93. The number of aryl methyl sites for hydroxylation is 2. The third kappa shape index (κ3) is 4.67. The molecule has 0 aliphatic heterocycles. The van der Waals surface area contributed by atoms with E-state index >= 15 is 0 Å². The van der Waals surface area contributed by atoms with Crippen LogP contribution in [0.4, 0.5) is 0 Å². The number of nitrogens with zero attached hydrogens (tertiary/aromatic N) is 3. The number of carbonyl (C=O) groups excluding carboxylic acids is 1. The zero-order valence-corrected chi connectivity index (χ0v) is 17.4. The van der Waals surface area contributed by atoms with Crippen molar-refractivity contribution in [3.8, 4) is 17.5 Å². The number of nitriles is 1. The van der Waals surface area contributed by atoms with Crippen LogP contribution < -0.4 is 4.74 Å². The number of benzene rings is 2. The molecule has 1 heterocycles. The Morgan fingerprint density at radius 1 is 1.28 bits per heavy atom. The monoisotopic (exact) mass is 407 g/mol. The van der Waals surface area contributed by atoms with E-state index in [9.17, 15) is 4.79 Å². The first-order chi connectivity index (χ1) is 13.9. The van der Waals surface area contributed by atoms with Gasteiger partial charge in [0, 0.05) is 23.1 Å². The summed E-state index contributed by atoms with van der Waals surface area (Å²) < 4.78 is 7.09. The minimum atomic E-state index is -0.291. The standard InChI is InChI=1S/C23H22ClN3O2/c1-15-11-21(27(26-15)20-6-4-5-19(24)13-20)9-10-22(28)16(2)17-7-8-18(14-25)23(12-17)29-3/h4-8,11-13,16H,9-10H2,1-3H3. The average Bonchev–Trinajstić information content (AvgIpc) is 3.11. The maximum atomic E-state index is 12.8. The molecule has 0 amide bonds. The lowest BCUT2D eigenvalue weighted by Gasteiger charge is -2.13. The lowest BCUT2D eigenvalue weighted by molar-refractivity contribution is -0.120. The fraction of sp³-hybridized carbons (Fsp3) is 0.261. The summed E-state index contributed by atoms with van der Waals surface area (Å²) in [4.78, 5) is 12.8. The molecule has 148 valence electrons. The third-order valence-corrected chi connectivity index (χ3v) is 5.15. The molecule has 0 spiro atoms. The Balaban J connectivity index is 1.75. The van der Waals surface area contributed by atoms with E-state index in [1.807, 2.05) is 54.9 Å². The van der Waals surface area contributed by atoms with Crippen molar-refractivity contribution in [1.29, 1.82) is 5.26 Å². The van der Waals surface area contributed by atoms with E-state index in [2.05, 4.69) is 11.2 Å². The predicted molar refractivity (Wildman–Crippen MR) is 113 cm³/mol. The smallest absolute Gasteiger partial charge is 0.140 e. The van der Waals surface area contributed by atoms with Crippen LogP contribution in [0, 0.1) is 18.3 Å². The Hall–Kier alpha value is -3.10. The second kappa shape index (κ2) is 8.93. The number of rotatable bonds is 7. The van der Waals surface area contributed by atoms with E-state index < -0.39 is 0 Å². The van der Waals surface area contributed by atoms with Gasteiger partial charge in [0.25, 0.3) is 0 Å². The van der Waals surface area contributed by atoms with Crippen molar-refractivity contribution in [2.45, 2.75) is 32.6 Å². The van der Waals surface area contributed by atoms with Gasteiger partial charge in [0.15, 0.2) is 0 Å². The van der Waals surface area contributed by atoms with E-state index in [1.54, 1.807) is 12.1 Å². The van der Waals surface area contributed by atoms with Crippen LogP contribution in [-0.2, 0) is 11.2 Å². The summed E-state index contributed by atoms with van der Waals surface area (Å²) in [6, 6.07) is 16.8. The van der Waals surface area contributed by atoms with Gasteiger partial charge in [-0.3, -0.25) is 4.79 Å². The number of carbonyl (C=O) groups is 1. The normalized spacial score (nSPS) is 11.7. The van der Waals surface area contributed by atoms with E-state index in [4.69, 9.17) is 21.6 Å². The summed E-state index contributed by atoms with van der Waals surface area (Å²) in [7, 11) is 1.52. The van der Waals surface area contributed by atoms with Crippen LogP contribution >= 0.6 is 11.6 Å². The largest absolute Gasteiger partial charge is 0.495 e. The first-order valence-electron chi connectivity index (χ1n) is 9.35. The summed E-state index contributed by atoms with van der Waals surface area (Å²) >= 11 is 6.11. The van der Waals surface area contributed by atoms with Gasteiger partial charge in [0.1, 0.15) is 17.6 Å². The molecule has 1 atom stereocenters. The summed E-state index contributed by atoms with van der Waals surface area (Å²) in [5.41, 5.74) is 4.01. The van der Waals surface area contributed by atoms with Crippen LogP contribution in [-0.4, -0.2) is 22.7 Å². The Bertz CT molecular complexity index is 1080. The van der Waals surface area contributed by atoms with Crippen LogP contribution in [0.25, 0.3) is 5.69 Å². The highest BCUT2D eigenvalue weighted by Crippen LogP contribution is 2.26. The van der Waals surface area contributed by atoms with Crippen molar-refractivity contribution >= 4 is 17.4 Å². The van der Waals surface area contributed by atoms with Crippen molar-refractivity contribution in [3.63, 3.8) is 0 Å². The molecule has 0 N–H and O–H groups in total. The van der Waals surface area contributed by atoms with Crippen LogP contribution in [0.2, 0.25) is 5.02 Å². The molecule has 1 aromatic heterocycles. The molecule has 0 bridgehead atoms. The molecule has 0 fully saturated rings. The number of ketones is 1. The number of methoxy groups -OCH3 is 1. The molecule has 0 aliphatic carbocycles. The molecule has 5 nitrogen and oxygen atoms in total. The van der Waals surface area contributed by atoms with Gasteiger partial charge in [-0.25, -0.2) is 4.68 Å². The van der Waals surface area contributed by atoms with Crippen LogP contribution in [0.5, 0.6) is 5.75 Å². The van der Waals surface area contributed by atoms with Gasteiger partial charge in [-0.2, -0.15) is 10.4 Å². The molecule has 0 saturated carbocycles. The van der Waals surface area contributed by atoms with E-state index in [-0.39, 0.29) is 11.7 Å². The minimum absolute atomic E-state index is 0.119. The molecule has 0 aliphatic rings. The van der Waals surface area contributed by atoms with E-state index in [1.165, 1.54) is 7.11 Å². The Kier molecular flexibility index (Phi) is 6.36. The van der Waals surface area contributed by atoms with Crippen molar-refractivity contribution in [1.82, 2.24) is 9.78 Å². The number of Topliss-reactive ketones (excluding diaryl/α,β-unsaturated/α-hetero) is 1. The van der Waals surface area contributed by atoms with Gasteiger partial charge in [0.05, 0.1) is 24.1 Å². The molecule has 29 heavy (non-hydrogen) atoms. The number of aromatic nitrogens is 2. The Labute approximate surface area is 175 Å². The van der Waals surface area contributed by atoms with Gasteiger partial charge >= 0.3 is 0 Å². The molecule has 0 radical (unpaired) electrons. The predicted octanol–water partition coefficient (Wildman–Crippen LogP) is 5.02. The van der Waals surface area contributed by atoms with Gasteiger partial charge in [-0.15, -0.1) is 0 Å². The second-order valence-corrected chi connectivity index (χ2v) is 7.36. The number of ether oxygens (including phenoxy) is 1. The molecular weight excluding hydrogens is 386 g/mol. The van der Waals surface area contributed by atoms with Crippen LogP contribution in [0.1, 0.15) is 41.8 Å². The Morgan fingerprint density at radius 2 is 2.07 bits per heavy atom. The number of hydrogen-bond acceptors (Lipinski definition) is 4. The Morgan fingerprint density at radius 3 is 2.76 bits per heavy atom. The van der Waals surface area contributed by atoms with Crippen molar-refractivity contribution in [3.05, 3.63) is 76.1 Å². The van der Waals surface area contributed by atoms with Gasteiger partial charge in [-0.1, -0.05) is 30.7 Å². The summed E-state index contributed by atoms with van der Waals surface area (Å²) in [6.07, 6.45) is 0.957. The maximum absolute atomic E-state index is 12.8. The van der Waals surface area contributed by atoms with Crippen LogP contribution in [0.15, 0.2) is 48.5 Å². The first-order valence-corrected chi connectivity index (χ1v) is 9.73. The topological polar surface area (TPSA) is 67.9 Å². The fourth-order valence-corrected chi connectivity index (χ4v) is 3.47. The van der Waals surface area contributed by atoms with Crippen molar-refractivity contribution in [2.24, 2.45) is 0 Å². The summed E-state index contributed by atoms with van der Waals surface area (Å²) in [6.45, 7) is 3.81. The molecule has 2 aromatic carbocycles. The van der Waals surface area contributed by atoms with Crippen molar-refractivity contribution < 1.29 is 9.53 Å². The quantitative estimate of drug-likeness (QED) is 0.551. The van der Waals surface area contributed by atoms with Crippen LogP contribution in [0.3, 0.4) is 0 Å².